The summed E-state index contributed by atoms with van der Waals surface area (Å²) in [5.74, 6) is -0.138. The Kier molecular flexibility index (Phi) is 3.99. The minimum Gasteiger partial charge on any atom is -0.392 e. The minimum atomic E-state index is -0.365. The summed E-state index contributed by atoms with van der Waals surface area (Å²) in [4.78, 5) is 15.8. The Morgan fingerprint density at radius 3 is 2.68 bits per heavy atom. The summed E-state index contributed by atoms with van der Waals surface area (Å²) in [6.07, 6.45) is 1.33. The maximum atomic E-state index is 12.0. The van der Waals surface area contributed by atoms with Crippen LogP contribution in [0.3, 0.4) is 0 Å². The second-order valence-corrected chi connectivity index (χ2v) is 4.31. The molecule has 4 N–H and O–H groups in total. The molecule has 1 aromatic carbocycles. The maximum absolute atomic E-state index is 12.0. The predicted octanol–water partition coefficient (Wildman–Crippen LogP) is 2.06. The van der Waals surface area contributed by atoms with Crippen molar-refractivity contribution >= 4 is 29.0 Å². The van der Waals surface area contributed by atoms with Crippen LogP contribution in [0.5, 0.6) is 0 Å². The van der Waals surface area contributed by atoms with E-state index in [1.54, 1.807) is 24.3 Å². The molecule has 0 unspecified atom stereocenters. The number of halogens is 1. The second-order valence-electron chi connectivity index (χ2n) is 3.90. The monoisotopic (exact) mass is 277 g/mol. The van der Waals surface area contributed by atoms with Crippen LogP contribution in [0.2, 0.25) is 5.02 Å². The first-order valence-electron chi connectivity index (χ1n) is 5.52. The molecule has 0 saturated heterocycles. The zero-order valence-corrected chi connectivity index (χ0v) is 10.7. The van der Waals surface area contributed by atoms with Crippen molar-refractivity contribution in [3.8, 4) is 0 Å². The Hall–Kier alpha value is -2.11. The third-order valence-corrected chi connectivity index (χ3v) is 2.82. The minimum absolute atomic E-state index is 0.0407. The van der Waals surface area contributed by atoms with Crippen molar-refractivity contribution in [2.75, 3.05) is 11.1 Å². The van der Waals surface area contributed by atoms with Gasteiger partial charge >= 0.3 is 0 Å². The lowest BCUT2D eigenvalue weighted by molar-refractivity contribution is 0.102. The number of hydrogen-bond donors (Lipinski definition) is 3. The fourth-order valence-electron chi connectivity index (χ4n) is 1.52. The molecule has 6 heteroatoms. The first-order chi connectivity index (χ1) is 9.10. The summed E-state index contributed by atoms with van der Waals surface area (Å²) >= 11 is 5.89. The number of benzene rings is 1. The molecular weight excluding hydrogens is 266 g/mol. The van der Waals surface area contributed by atoms with Gasteiger partial charge in [0, 0.05) is 11.9 Å². The average Bonchev–Trinajstić information content (AvgIpc) is 2.42. The number of nitrogens with one attached hydrogen (secondary N) is 1. The molecule has 5 nitrogen and oxygen atoms in total. The average molecular weight is 278 g/mol. The van der Waals surface area contributed by atoms with Gasteiger partial charge in [-0.1, -0.05) is 23.7 Å². The van der Waals surface area contributed by atoms with E-state index in [9.17, 15) is 4.79 Å². The second kappa shape index (κ2) is 5.69. The number of aliphatic hydroxyl groups excluding tert-OH is 1. The van der Waals surface area contributed by atoms with Gasteiger partial charge in [0.1, 0.15) is 5.82 Å². The third kappa shape index (κ3) is 3.21. The van der Waals surface area contributed by atoms with E-state index >= 15 is 0 Å². The van der Waals surface area contributed by atoms with Crippen molar-refractivity contribution in [2.45, 2.75) is 6.61 Å². The van der Waals surface area contributed by atoms with Gasteiger partial charge in [-0.15, -0.1) is 0 Å². The number of rotatable bonds is 3. The molecule has 0 spiro atoms. The number of carbonyl (C=O) groups excluding carboxylic acids is 1. The number of nitrogens with zero attached hydrogens (tertiary/aromatic N) is 1. The van der Waals surface area contributed by atoms with E-state index in [0.29, 0.717) is 5.69 Å². The van der Waals surface area contributed by atoms with E-state index in [4.69, 9.17) is 22.4 Å². The quantitative estimate of drug-likeness (QED) is 0.801. The molecule has 0 radical (unpaired) electrons. The topological polar surface area (TPSA) is 88.2 Å². The third-order valence-electron chi connectivity index (χ3n) is 2.52. The highest BCUT2D eigenvalue weighted by molar-refractivity contribution is 6.34. The molecule has 0 aliphatic rings. The Balaban J connectivity index is 2.18. The number of aliphatic hydroxyl groups is 1. The molecule has 0 saturated carbocycles. The van der Waals surface area contributed by atoms with Crippen LogP contribution < -0.4 is 11.1 Å². The normalized spacial score (nSPS) is 10.2. The van der Waals surface area contributed by atoms with Crippen molar-refractivity contribution in [1.29, 1.82) is 0 Å². The Morgan fingerprint density at radius 2 is 2.05 bits per heavy atom. The SMILES string of the molecule is Nc1cc(C(=O)Nc2ccc(CO)cc2)c(Cl)cn1. The van der Waals surface area contributed by atoms with Gasteiger partial charge in [-0.25, -0.2) is 4.98 Å². The van der Waals surface area contributed by atoms with Crippen LogP contribution in [0.15, 0.2) is 36.5 Å². The highest BCUT2D eigenvalue weighted by Crippen LogP contribution is 2.18. The van der Waals surface area contributed by atoms with Crippen LogP contribution in [0.1, 0.15) is 15.9 Å². The lowest BCUT2D eigenvalue weighted by Gasteiger charge is -2.07. The van der Waals surface area contributed by atoms with Gasteiger partial charge in [-0.05, 0) is 23.8 Å². The van der Waals surface area contributed by atoms with E-state index < -0.39 is 0 Å². The smallest absolute Gasteiger partial charge is 0.257 e. The highest BCUT2D eigenvalue weighted by atomic mass is 35.5. The summed E-state index contributed by atoms with van der Waals surface area (Å²) in [7, 11) is 0. The molecule has 0 bridgehead atoms. The Bertz CT molecular complexity index is 599. The van der Waals surface area contributed by atoms with Gasteiger partial charge in [0.05, 0.1) is 17.2 Å². The fraction of sp³-hybridized carbons (Fsp3) is 0.0769. The molecule has 0 aliphatic heterocycles. The molecule has 0 aliphatic carbocycles. The van der Waals surface area contributed by atoms with Crippen molar-refractivity contribution in [1.82, 2.24) is 4.98 Å². The number of amides is 1. The zero-order chi connectivity index (χ0) is 13.8. The summed E-state index contributed by atoms with van der Waals surface area (Å²) in [6, 6.07) is 8.25. The molecule has 1 aromatic heterocycles. The van der Waals surface area contributed by atoms with Crippen molar-refractivity contribution < 1.29 is 9.90 Å². The van der Waals surface area contributed by atoms with E-state index in [1.807, 2.05) is 0 Å². The van der Waals surface area contributed by atoms with Gasteiger partial charge in [-0.3, -0.25) is 4.79 Å². The van der Waals surface area contributed by atoms with Crippen LogP contribution in [-0.2, 0) is 6.61 Å². The van der Waals surface area contributed by atoms with E-state index in [0.717, 1.165) is 5.56 Å². The number of anilines is 2. The molecule has 1 heterocycles. The molecule has 98 valence electrons. The number of aromatic nitrogens is 1. The Labute approximate surface area is 115 Å². The predicted molar refractivity (Wildman–Crippen MR) is 74.0 cm³/mol. The van der Waals surface area contributed by atoms with Crippen molar-refractivity contribution in [3.63, 3.8) is 0 Å². The van der Waals surface area contributed by atoms with Crippen molar-refractivity contribution in [2.24, 2.45) is 0 Å². The van der Waals surface area contributed by atoms with Crippen LogP contribution in [-0.4, -0.2) is 16.0 Å². The molecule has 2 rings (SSSR count). The molecular formula is C13H12ClN3O2. The number of nitrogen functional groups attached to an aromatic ring is 1. The lowest BCUT2D eigenvalue weighted by Crippen LogP contribution is -2.13. The lowest BCUT2D eigenvalue weighted by atomic mass is 10.2. The summed E-state index contributed by atoms with van der Waals surface area (Å²) in [6.45, 7) is -0.0407. The summed E-state index contributed by atoms with van der Waals surface area (Å²) in [5.41, 5.74) is 7.16. The zero-order valence-electron chi connectivity index (χ0n) is 9.93. The van der Waals surface area contributed by atoms with Crippen molar-refractivity contribution in [3.05, 3.63) is 52.7 Å². The van der Waals surface area contributed by atoms with E-state index in [-0.39, 0.29) is 28.9 Å². The molecule has 1 amide bonds. The molecule has 0 atom stereocenters. The maximum Gasteiger partial charge on any atom is 0.257 e. The highest BCUT2D eigenvalue weighted by Gasteiger charge is 2.11. The number of pyridine rings is 1. The number of hydrogen-bond acceptors (Lipinski definition) is 4. The van der Waals surface area contributed by atoms with E-state index in [2.05, 4.69) is 10.3 Å². The molecule has 0 fully saturated rings. The first-order valence-corrected chi connectivity index (χ1v) is 5.90. The summed E-state index contributed by atoms with van der Waals surface area (Å²) < 4.78 is 0. The van der Waals surface area contributed by atoms with Crippen LogP contribution in [0.25, 0.3) is 0 Å². The Morgan fingerprint density at radius 1 is 1.37 bits per heavy atom. The number of nitrogens with two attached hydrogens (primary N) is 1. The van der Waals surface area contributed by atoms with E-state index in [1.165, 1.54) is 12.3 Å². The first kappa shape index (κ1) is 13.3. The largest absolute Gasteiger partial charge is 0.392 e. The molecule has 19 heavy (non-hydrogen) atoms. The van der Waals surface area contributed by atoms with Gasteiger partial charge in [0.15, 0.2) is 0 Å². The van der Waals surface area contributed by atoms with Crippen LogP contribution >= 0.6 is 11.6 Å². The van der Waals surface area contributed by atoms with Gasteiger partial charge < -0.3 is 16.2 Å². The number of carbonyl (C=O) groups is 1. The summed E-state index contributed by atoms with van der Waals surface area (Å²) in [5, 5.41) is 11.9. The van der Waals surface area contributed by atoms with Crippen LogP contribution in [0, 0.1) is 0 Å². The fourth-order valence-corrected chi connectivity index (χ4v) is 1.71. The molecule has 2 aromatic rings. The van der Waals surface area contributed by atoms with Gasteiger partial charge in [-0.2, -0.15) is 0 Å². The van der Waals surface area contributed by atoms with Gasteiger partial charge in [0.25, 0.3) is 5.91 Å². The van der Waals surface area contributed by atoms with Crippen LogP contribution in [0.4, 0.5) is 11.5 Å². The van der Waals surface area contributed by atoms with Gasteiger partial charge in [0.2, 0.25) is 0 Å². The standard InChI is InChI=1S/C13H12ClN3O2/c14-11-6-16-12(15)5-10(11)13(19)17-9-3-1-8(7-18)2-4-9/h1-6,18H,7H2,(H2,15,16)(H,17,19).